The first-order chi connectivity index (χ1) is 15.8. The van der Waals surface area contributed by atoms with Crippen molar-refractivity contribution in [1.29, 1.82) is 0 Å². The number of benzene rings is 2. The first-order valence-electron chi connectivity index (χ1n) is 10.7. The second kappa shape index (κ2) is 10.7. The molecule has 2 aromatic carbocycles. The van der Waals surface area contributed by atoms with Crippen LogP contribution in [0.1, 0.15) is 33.4 Å². The van der Waals surface area contributed by atoms with Crippen molar-refractivity contribution in [2.75, 3.05) is 25.1 Å². The van der Waals surface area contributed by atoms with Gasteiger partial charge >= 0.3 is 5.97 Å². The fraction of sp³-hybridized carbons (Fsp3) is 0.320. The predicted octanol–water partition coefficient (Wildman–Crippen LogP) is 4.13. The number of carbonyl (C=O) groups excluding carboxylic acids is 2. The molecule has 0 aliphatic carbocycles. The first kappa shape index (κ1) is 23.8. The quantitative estimate of drug-likeness (QED) is 0.492. The highest BCUT2D eigenvalue weighted by Crippen LogP contribution is 2.27. The lowest BCUT2D eigenvalue weighted by Gasteiger charge is -2.14. The molecule has 3 rings (SSSR count). The van der Waals surface area contributed by atoms with Crippen LogP contribution in [0, 0.1) is 0 Å². The Morgan fingerprint density at radius 3 is 2.21 bits per heavy atom. The van der Waals surface area contributed by atoms with Gasteiger partial charge in [-0.2, -0.15) is 5.10 Å². The molecule has 1 amide bonds. The van der Waals surface area contributed by atoms with E-state index in [2.05, 4.69) is 10.4 Å². The highest BCUT2D eigenvalue weighted by Gasteiger charge is 2.22. The number of hydrogen-bond donors (Lipinski definition) is 1. The number of anilines is 1. The summed E-state index contributed by atoms with van der Waals surface area (Å²) in [6.45, 7) is 7.68. The summed E-state index contributed by atoms with van der Waals surface area (Å²) in [5.74, 6) is 0.324. The van der Waals surface area contributed by atoms with Gasteiger partial charge in [0.15, 0.2) is 24.7 Å². The van der Waals surface area contributed by atoms with Crippen molar-refractivity contribution in [3.63, 3.8) is 0 Å². The third kappa shape index (κ3) is 6.58. The van der Waals surface area contributed by atoms with Gasteiger partial charge in [0.05, 0.1) is 18.0 Å². The van der Waals surface area contributed by atoms with Crippen LogP contribution in [0.3, 0.4) is 0 Å². The third-order valence-corrected chi connectivity index (χ3v) is 4.60. The molecule has 0 radical (unpaired) electrons. The van der Waals surface area contributed by atoms with Gasteiger partial charge < -0.3 is 19.5 Å². The minimum Gasteiger partial charge on any atom is -0.490 e. The largest absolute Gasteiger partial charge is 0.490 e. The lowest BCUT2D eigenvalue weighted by Crippen LogP contribution is -2.24. The van der Waals surface area contributed by atoms with Gasteiger partial charge in [-0.1, -0.05) is 51.1 Å². The molecule has 174 valence electrons. The van der Waals surface area contributed by atoms with E-state index in [1.54, 1.807) is 22.9 Å². The highest BCUT2D eigenvalue weighted by molar-refractivity contribution is 5.92. The van der Waals surface area contributed by atoms with E-state index in [0.29, 0.717) is 23.9 Å². The van der Waals surface area contributed by atoms with Crippen molar-refractivity contribution in [2.45, 2.75) is 33.1 Å². The van der Waals surface area contributed by atoms with Crippen molar-refractivity contribution in [3.8, 4) is 17.2 Å². The summed E-state index contributed by atoms with van der Waals surface area (Å²) < 4.78 is 17.7. The van der Waals surface area contributed by atoms with Crippen LogP contribution in [0.25, 0.3) is 5.69 Å². The molecular formula is C25H29N3O5. The van der Waals surface area contributed by atoms with Gasteiger partial charge in [-0.25, -0.2) is 9.48 Å². The minimum absolute atomic E-state index is 0.207. The highest BCUT2D eigenvalue weighted by atomic mass is 16.6. The molecule has 0 aliphatic heterocycles. The molecule has 8 nitrogen and oxygen atoms in total. The molecule has 33 heavy (non-hydrogen) atoms. The van der Waals surface area contributed by atoms with Gasteiger partial charge in [-0.05, 0) is 31.2 Å². The number of ether oxygens (including phenoxy) is 3. The third-order valence-electron chi connectivity index (χ3n) is 4.60. The Balaban J connectivity index is 1.60. The average Bonchev–Trinajstić information content (AvgIpc) is 3.22. The van der Waals surface area contributed by atoms with E-state index in [-0.39, 0.29) is 12.0 Å². The van der Waals surface area contributed by atoms with E-state index in [0.717, 1.165) is 11.4 Å². The Bertz CT molecular complexity index is 1090. The number of nitrogens with zero attached hydrogens (tertiary/aromatic N) is 2. The van der Waals surface area contributed by atoms with Gasteiger partial charge in [0.1, 0.15) is 5.82 Å². The molecule has 1 aromatic heterocycles. The molecule has 0 atom stereocenters. The van der Waals surface area contributed by atoms with Crippen LogP contribution in [-0.4, -0.2) is 41.5 Å². The zero-order valence-corrected chi connectivity index (χ0v) is 19.3. The molecule has 8 heteroatoms. The van der Waals surface area contributed by atoms with Crippen LogP contribution in [0.2, 0.25) is 0 Å². The molecule has 1 heterocycles. The molecule has 0 saturated carbocycles. The Morgan fingerprint density at radius 2 is 1.58 bits per heavy atom. The van der Waals surface area contributed by atoms with Crippen LogP contribution < -0.4 is 14.8 Å². The van der Waals surface area contributed by atoms with E-state index in [9.17, 15) is 9.59 Å². The van der Waals surface area contributed by atoms with Crippen molar-refractivity contribution in [2.24, 2.45) is 0 Å². The van der Waals surface area contributed by atoms with Gasteiger partial charge in [0, 0.05) is 11.5 Å². The maximum absolute atomic E-state index is 12.5. The summed E-state index contributed by atoms with van der Waals surface area (Å²) in [6, 6.07) is 18.3. The average molecular weight is 452 g/mol. The summed E-state index contributed by atoms with van der Waals surface area (Å²) >= 11 is 0. The van der Waals surface area contributed by atoms with E-state index in [1.165, 1.54) is 0 Å². The van der Waals surface area contributed by atoms with Gasteiger partial charge in [-0.3, -0.25) is 4.79 Å². The molecule has 0 spiro atoms. The number of rotatable bonds is 9. The summed E-state index contributed by atoms with van der Waals surface area (Å²) in [4.78, 5) is 24.6. The molecule has 0 saturated heterocycles. The number of carbonyl (C=O) groups is 2. The second-order valence-electron chi connectivity index (χ2n) is 8.29. The molecule has 3 aromatic rings. The van der Waals surface area contributed by atoms with Crippen molar-refractivity contribution < 1.29 is 23.8 Å². The van der Waals surface area contributed by atoms with E-state index in [1.807, 2.05) is 70.2 Å². The number of para-hydroxylation sites is 3. The van der Waals surface area contributed by atoms with Crippen LogP contribution in [-0.2, 0) is 19.7 Å². The smallest absolute Gasteiger partial charge is 0.344 e. The molecule has 0 fully saturated rings. The Morgan fingerprint density at radius 1 is 0.939 bits per heavy atom. The van der Waals surface area contributed by atoms with Crippen LogP contribution in [0.5, 0.6) is 11.5 Å². The molecular weight excluding hydrogens is 422 g/mol. The SMILES string of the molecule is CCOc1ccccc1OCC(=O)OCC(=O)Nc1cc(C(C)(C)C)nn1-c1ccccc1. The maximum atomic E-state index is 12.5. The molecule has 1 N–H and O–H groups in total. The van der Waals surface area contributed by atoms with Gasteiger partial charge in [0.2, 0.25) is 0 Å². The lowest BCUT2D eigenvalue weighted by molar-refractivity contribution is -0.149. The van der Waals surface area contributed by atoms with Crippen LogP contribution in [0.4, 0.5) is 5.82 Å². The maximum Gasteiger partial charge on any atom is 0.344 e. The fourth-order valence-corrected chi connectivity index (χ4v) is 2.95. The van der Waals surface area contributed by atoms with E-state index >= 15 is 0 Å². The molecule has 0 aliphatic rings. The summed E-state index contributed by atoms with van der Waals surface area (Å²) in [7, 11) is 0. The topological polar surface area (TPSA) is 91.7 Å². The predicted molar refractivity (Wildman–Crippen MR) is 125 cm³/mol. The van der Waals surface area contributed by atoms with Crippen molar-refractivity contribution >= 4 is 17.7 Å². The molecule has 0 bridgehead atoms. The lowest BCUT2D eigenvalue weighted by atomic mass is 9.92. The number of esters is 1. The Hall–Kier alpha value is -3.81. The van der Waals surface area contributed by atoms with Crippen molar-refractivity contribution in [3.05, 3.63) is 66.4 Å². The fourth-order valence-electron chi connectivity index (χ4n) is 2.95. The number of amides is 1. The number of aromatic nitrogens is 2. The van der Waals surface area contributed by atoms with E-state index < -0.39 is 18.5 Å². The Kier molecular flexibility index (Phi) is 7.71. The first-order valence-corrected chi connectivity index (χ1v) is 10.7. The molecule has 0 unspecified atom stereocenters. The zero-order chi connectivity index (χ0) is 23.8. The summed E-state index contributed by atoms with van der Waals surface area (Å²) in [5, 5.41) is 7.43. The standard InChI is InChI=1S/C25H29N3O5/c1-5-31-19-13-9-10-14-20(19)32-17-24(30)33-16-23(29)26-22-15-21(25(2,3)4)27-28(22)18-11-7-6-8-12-18/h6-15H,5,16-17H2,1-4H3,(H,26,29). The number of hydrogen-bond acceptors (Lipinski definition) is 6. The van der Waals surface area contributed by atoms with Gasteiger partial charge in [-0.15, -0.1) is 0 Å². The minimum atomic E-state index is -0.664. The zero-order valence-electron chi connectivity index (χ0n) is 19.3. The summed E-state index contributed by atoms with van der Waals surface area (Å²) in [6.07, 6.45) is 0. The number of nitrogens with one attached hydrogen (secondary N) is 1. The normalized spacial score (nSPS) is 11.0. The Labute approximate surface area is 193 Å². The van der Waals surface area contributed by atoms with Crippen LogP contribution in [0.15, 0.2) is 60.7 Å². The summed E-state index contributed by atoms with van der Waals surface area (Å²) in [5.41, 5.74) is 1.42. The second-order valence-corrected chi connectivity index (χ2v) is 8.29. The van der Waals surface area contributed by atoms with Gasteiger partial charge in [0.25, 0.3) is 5.91 Å². The monoisotopic (exact) mass is 451 g/mol. The van der Waals surface area contributed by atoms with Crippen LogP contribution >= 0.6 is 0 Å². The van der Waals surface area contributed by atoms with E-state index in [4.69, 9.17) is 14.2 Å². The van der Waals surface area contributed by atoms with Crippen molar-refractivity contribution in [1.82, 2.24) is 9.78 Å².